The van der Waals surface area contributed by atoms with Crippen molar-refractivity contribution in [3.8, 4) is 5.75 Å². The van der Waals surface area contributed by atoms with Gasteiger partial charge in [-0.05, 0) is 44.4 Å². The molecular weight excluding hydrogens is 384 g/mol. The second-order valence-corrected chi connectivity index (χ2v) is 8.35. The second kappa shape index (κ2) is 8.26. The van der Waals surface area contributed by atoms with Crippen LogP contribution >= 0.6 is 0 Å². The Hall–Kier alpha value is -2.61. The molecule has 1 aromatic carbocycles. The van der Waals surface area contributed by atoms with Crippen LogP contribution in [0.25, 0.3) is 0 Å². The highest BCUT2D eigenvalue weighted by atomic mass is 16.5. The van der Waals surface area contributed by atoms with Crippen LogP contribution in [0, 0.1) is 0 Å². The average Bonchev–Trinajstić information content (AvgIpc) is 3.03. The van der Waals surface area contributed by atoms with Gasteiger partial charge in [0.1, 0.15) is 11.3 Å². The molecule has 8 nitrogen and oxygen atoms in total. The van der Waals surface area contributed by atoms with Gasteiger partial charge in [-0.3, -0.25) is 14.5 Å². The van der Waals surface area contributed by atoms with Crippen LogP contribution in [0.5, 0.6) is 5.75 Å². The molecule has 3 fully saturated rings. The van der Waals surface area contributed by atoms with Crippen molar-refractivity contribution in [2.24, 2.45) is 0 Å². The molecule has 0 aromatic heterocycles. The summed E-state index contributed by atoms with van der Waals surface area (Å²) >= 11 is 0. The lowest BCUT2D eigenvalue weighted by molar-refractivity contribution is -0.135. The van der Waals surface area contributed by atoms with E-state index in [1.54, 1.807) is 24.1 Å². The number of hydrogen-bond donors (Lipinski definition) is 1. The van der Waals surface area contributed by atoms with Crippen molar-refractivity contribution < 1.29 is 19.1 Å². The molecule has 3 aliphatic heterocycles. The SMILES string of the molecule is CCN1CCC2(CC1)NC(=O)N(C1CCN(C(=O)c3ccccc3OC)CC1)C2=O. The predicted molar refractivity (Wildman–Crippen MR) is 111 cm³/mol. The van der Waals surface area contributed by atoms with Crippen molar-refractivity contribution in [3.05, 3.63) is 29.8 Å². The number of piperidine rings is 2. The molecule has 1 spiro atoms. The van der Waals surface area contributed by atoms with E-state index in [9.17, 15) is 14.4 Å². The average molecular weight is 415 g/mol. The summed E-state index contributed by atoms with van der Waals surface area (Å²) in [5.74, 6) is 0.392. The third-order valence-corrected chi connectivity index (χ3v) is 6.80. The van der Waals surface area contributed by atoms with Crippen molar-refractivity contribution in [3.63, 3.8) is 0 Å². The van der Waals surface area contributed by atoms with Crippen LogP contribution in [-0.2, 0) is 4.79 Å². The van der Waals surface area contributed by atoms with Crippen molar-refractivity contribution in [1.82, 2.24) is 20.0 Å². The summed E-state index contributed by atoms with van der Waals surface area (Å²) in [7, 11) is 1.55. The largest absolute Gasteiger partial charge is 0.496 e. The molecule has 3 aliphatic rings. The number of urea groups is 1. The molecule has 0 atom stereocenters. The quantitative estimate of drug-likeness (QED) is 0.759. The molecule has 162 valence electrons. The third-order valence-electron chi connectivity index (χ3n) is 6.80. The number of nitrogens with zero attached hydrogens (tertiary/aromatic N) is 3. The molecule has 0 aliphatic carbocycles. The van der Waals surface area contributed by atoms with Crippen LogP contribution in [0.2, 0.25) is 0 Å². The van der Waals surface area contributed by atoms with E-state index in [1.807, 2.05) is 12.1 Å². The number of hydrogen-bond acceptors (Lipinski definition) is 5. The standard InChI is InChI=1S/C22H30N4O4/c1-3-24-14-10-22(11-15-24)20(28)26(21(29)23-22)16-8-12-25(13-9-16)19(27)17-6-4-5-7-18(17)30-2/h4-7,16H,3,8-15H2,1-2H3,(H,23,29). The Balaban J connectivity index is 1.40. The van der Waals surface area contributed by atoms with E-state index in [1.165, 1.54) is 4.90 Å². The molecule has 8 heteroatoms. The Labute approximate surface area is 177 Å². The smallest absolute Gasteiger partial charge is 0.325 e. The first-order chi connectivity index (χ1) is 14.5. The minimum absolute atomic E-state index is 0.0773. The van der Waals surface area contributed by atoms with Gasteiger partial charge in [0.25, 0.3) is 11.8 Å². The maximum absolute atomic E-state index is 13.2. The summed E-state index contributed by atoms with van der Waals surface area (Å²) in [4.78, 5) is 44.4. The number of amides is 4. The van der Waals surface area contributed by atoms with Crippen LogP contribution in [0.3, 0.4) is 0 Å². The van der Waals surface area contributed by atoms with Crippen LogP contribution in [0.1, 0.15) is 43.0 Å². The summed E-state index contributed by atoms with van der Waals surface area (Å²) in [6, 6.07) is 6.75. The number of para-hydroxylation sites is 1. The fraction of sp³-hybridized carbons (Fsp3) is 0.591. The van der Waals surface area contributed by atoms with Crippen molar-refractivity contribution in [2.45, 2.75) is 44.2 Å². The Morgan fingerprint density at radius 1 is 1.13 bits per heavy atom. The first-order valence-electron chi connectivity index (χ1n) is 10.8. The van der Waals surface area contributed by atoms with Crippen LogP contribution in [-0.4, -0.2) is 84.0 Å². The molecule has 3 saturated heterocycles. The molecule has 0 bridgehead atoms. The molecule has 4 rings (SSSR count). The molecule has 1 aromatic rings. The number of imide groups is 1. The molecular formula is C22H30N4O4. The number of likely N-dealkylation sites (tertiary alicyclic amines) is 2. The summed E-state index contributed by atoms with van der Waals surface area (Å²) in [5, 5.41) is 3.00. The minimum atomic E-state index is -0.743. The summed E-state index contributed by atoms with van der Waals surface area (Å²) < 4.78 is 5.31. The molecule has 4 amide bonds. The van der Waals surface area contributed by atoms with Crippen molar-refractivity contribution in [1.29, 1.82) is 0 Å². The first kappa shape index (κ1) is 20.7. The summed E-state index contributed by atoms with van der Waals surface area (Å²) in [6.07, 6.45) is 2.51. The van der Waals surface area contributed by atoms with Gasteiger partial charge >= 0.3 is 6.03 Å². The zero-order chi connectivity index (χ0) is 21.3. The van der Waals surface area contributed by atoms with Crippen LogP contribution in [0.15, 0.2) is 24.3 Å². The lowest BCUT2D eigenvalue weighted by Crippen LogP contribution is -2.55. The van der Waals surface area contributed by atoms with Gasteiger partial charge in [0, 0.05) is 32.2 Å². The monoisotopic (exact) mass is 414 g/mol. The fourth-order valence-corrected chi connectivity index (χ4v) is 4.88. The van der Waals surface area contributed by atoms with Gasteiger partial charge in [0.05, 0.1) is 12.7 Å². The number of nitrogens with one attached hydrogen (secondary N) is 1. The Morgan fingerprint density at radius 2 is 1.80 bits per heavy atom. The zero-order valence-electron chi connectivity index (χ0n) is 17.7. The van der Waals surface area contributed by atoms with Gasteiger partial charge in [-0.1, -0.05) is 19.1 Å². The number of carbonyl (C=O) groups is 3. The van der Waals surface area contributed by atoms with E-state index < -0.39 is 5.54 Å². The number of methoxy groups -OCH3 is 1. The van der Waals surface area contributed by atoms with E-state index in [-0.39, 0.29) is 23.9 Å². The van der Waals surface area contributed by atoms with E-state index in [0.29, 0.717) is 50.1 Å². The van der Waals surface area contributed by atoms with Crippen molar-refractivity contribution in [2.75, 3.05) is 39.8 Å². The highest BCUT2D eigenvalue weighted by Gasteiger charge is 2.54. The highest BCUT2D eigenvalue weighted by Crippen LogP contribution is 2.33. The van der Waals surface area contributed by atoms with Crippen molar-refractivity contribution >= 4 is 17.8 Å². The Kier molecular flexibility index (Phi) is 5.69. The Bertz CT molecular complexity index is 826. The fourth-order valence-electron chi connectivity index (χ4n) is 4.88. The molecule has 0 saturated carbocycles. The molecule has 3 heterocycles. The normalized spacial score (nSPS) is 22.5. The lowest BCUT2D eigenvalue weighted by atomic mass is 9.87. The summed E-state index contributed by atoms with van der Waals surface area (Å²) in [6.45, 7) is 5.73. The number of ether oxygens (including phenoxy) is 1. The van der Waals surface area contributed by atoms with E-state index >= 15 is 0 Å². The molecule has 30 heavy (non-hydrogen) atoms. The van der Waals surface area contributed by atoms with E-state index in [2.05, 4.69) is 17.1 Å². The maximum atomic E-state index is 13.2. The topological polar surface area (TPSA) is 82.2 Å². The highest BCUT2D eigenvalue weighted by molar-refractivity contribution is 6.07. The van der Waals surface area contributed by atoms with Gasteiger partial charge < -0.3 is 19.9 Å². The van der Waals surface area contributed by atoms with Gasteiger partial charge in [-0.25, -0.2) is 4.79 Å². The number of rotatable bonds is 4. The third kappa shape index (κ3) is 3.53. The predicted octanol–water partition coefficient (Wildman–Crippen LogP) is 1.71. The summed E-state index contributed by atoms with van der Waals surface area (Å²) in [5.41, 5.74) is -0.206. The van der Waals surface area contributed by atoms with Crippen LogP contribution in [0.4, 0.5) is 4.79 Å². The molecule has 1 N–H and O–H groups in total. The van der Waals surface area contributed by atoms with E-state index in [0.717, 1.165) is 19.6 Å². The molecule has 0 unspecified atom stereocenters. The van der Waals surface area contributed by atoms with E-state index in [4.69, 9.17) is 4.74 Å². The van der Waals surface area contributed by atoms with Gasteiger partial charge in [0.15, 0.2) is 0 Å². The first-order valence-corrected chi connectivity index (χ1v) is 10.8. The Morgan fingerprint density at radius 3 is 2.43 bits per heavy atom. The molecule has 0 radical (unpaired) electrons. The zero-order valence-corrected chi connectivity index (χ0v) is 17.7. The maximum Gasteiger partial charge on any atom is 0.325 e. The lowest BCUT2D eigenvalue weighted by Gasteiger charge is -2.38. The number of benzene rings is 1. The van der Waals surface area contributed by atoms with Gasteiger partial charge in [-0.2, -0.15) is 0 Å². The van der Waals surface area contributed by atoms with Gasteiger partial charge in [-0.15, -0.1) is 0 Å². The van der Waals surface area contributed by atoms with Gasteiger partial charge in [0.2, 0.25) is 0 Å². The minimum Gasteiger partial charge on any atom is -0.496 e. The second-order valence-electron chi connectivity index (χ2n) is 8.35. The van der Waals surface area contributed by atoms with Crippen LogP contribution < -0.4 is 10.1 Å². The number of carbonyl (C=O) groups excluding carboxylic acids is 3.